The van der Waals surface area contributed by atoms with E-state index in [9.17, 15) is 0 Å². The largest absolute Gasteiger partial charge is 0.383 e. The highest BCUT2D eigenvalue weighted by Gasteiger charge is 2.08. The van der Waals surface area contributed by atoms with Crippen LogP contribution in [0.1, 0.15) is 24.5 Å². The van der Waals surface area contributed by atoms with Gasteiger partial charge in [-0.25, -0.2) is 4.98 Å². The smallest absolute Gasteiger partial charge is 0.127 e. The van der Waals surface area contributed by atoms with Gasteiger partial charge in [-0.2, -0.15) is 0 Å². The Hall–Kier alpha value is -0.990. The van der Waals surface area contributed by atoms with Crippen LogP contribution in [0.4, 0.5) is 5.82 Å². The Bertz CT molecular complexity index is 538. The van der Waals surface area contributed by atoms with Crippen LogP contribution >= 0.6 is 24.0 Å². The first-order chi connectivity index (χ1) is 7.63. The van der Waals surface area contributed by atoms with Gasteiger partial charge in [0.25, 0.3) is 0 Å². The summed E-state index contributed by atoms with van der Waals surface area (Å²) in [5.74, 6) is 0.625. The molecule has 0 radical (unpaired) electrons. The van der Waals surface area contributed by atoms with E-state index in [1.807, 2.05) is 19.1 Å². The van der Waals surface area contributed by atoms with E-state index in [1.165, 1.54) is 0 Å². The topological polar surface area (TPSA) is 38.9 Å². The van der Waals surface area contributed by atoms with Gasteiger partial charge in [0.05, 0.1) is 5.52 Å². The number of hydrogen-bond donors (Lipinski definition) is 1. The van der Waals surface area contributed by atoms with Crippen LogP contribution in [0.25, 0.3) is 10.9 Å². The molecule has 0 fully saturated rings. The molecule has 2 rings (SSSR count). The lowest BCUT2D eigenvalue weighted by Crippen LogP contribution is -1.99. The molecule has 0 saturated carbocycles. The van der Waals surface area contributed by atoms with Gasteiger partial charge in [0.2, 0.25) is 0 Å². The average Bonchev–Trinajstić information content (AvgIpc) is 2.26. The van der Waals surface area contributed by atoms with Gasteiger partial charge in [-0.1, -0.05) is 31.0 Å². The van der Waals surface area contributed by atoms with E-state index in [0.717, 1.165) is 39.9 Å². The zero-order valence-corrected chi connectivity index (χ0v) is 11.5. The van der Waals surface area contributed by atoms with Crippen molar-refractivity contribution in [1.82, 2.24) is 4.98 Å². The van der Waals surface area contributed by atoms with E-state index in [4.69, 9.17) is 17.3 Å². The molecule has 2 aromatic rings. The number of pyridine rings is 1. The number of nitrogens with two attached hydrogens (primary N) is 1. The molecule has 0 aliphatic heterocycles. The van der Waals surface area contributed by atoms with Gasteiger partial charge < -0.3 is 5.73 Å². The molecule has 1 aromatic carbocycles. The highest BCUT2D eigenvalue weighted by molar-refractivity contribution is 6.35. The van der Waals surface area contributed by atoms with Gasteiger partial charge >= 0.3 is 0 Å². The van der Waals surface area contributed by atoms with Crippen molar-refractivity contribution in [3.05, 3.63) is 34.3 Å². The number of anilines is 1. The van der Waals surface area contributed by atoms with E-state index < -0.39 is 0 Å². The maximum absolute atomic E-state index is 6.17. The minimum Gasteiger partial charge on any atom is -0.383 e. The molecule has 0 amide bonds. The van der Waals surface area contributed by atoms with E-state index >= 15 is 0 Å². The molecule has 0 aliphatic carbocycles. The molecule has 2 nitrogen and oxygen atoms in total. The minimum absolute atomic E-state index is 0. The Morgan fingerprint density at radius 1 is 1.35 bits per heavy atom. The summed E-state index contributed by atoms with van der Waals surface area (Å²) in [4.78, 5) is 4.45. The highest BCUT2D eigenvalue weighted by atomic mass is 35.5. The van der Waals surface area contributed by atoms with Crippen molar-refractivity contribution in [3.8, 4) is 0 Å². The number of fused-ring (bicyclic) bond motifs is 1. The number of aromatic nitrogens is 1. The van der Waals surface area contributed by atoms with Crippen LogP contribution in [-0.4, -0.2) is 4.98 Å². The van der Waals surface area contributed by atoms with Crippen molar-refractivity contribution in [2.45, 2.75) is 26.7 Å². The summed E-state index contributed by atoms with van der Waals surface area (Å²) in [5, 5.41) is 1.74. The van der Waals surface area contributed by atoms with Gasteiger partial charge in [-0.05, 0) is 36.6 Å². The molecular formula is C13H16Cl2N2. The monoisotopic (exact) mass is 270 g/mol. The highest BCUT2D eigenvalue weighted by Crippen LogP contribution is 2.28. The second-order valence-corrected chi connectivity index (χ2v) is 4.45. The number of nitrogen functional groups attached to an aromatic ring is 1. The molecule has 2 N–H and O–H groups in total. The Balaban J connectivity index is 0.00000144. The number of aryl methyl sites for hydroxylation is 2. The first-order valence-corrected chi connectivity index (χ1v) is 5.85. The molecule has 92 valence electrons. The number of halogens is 2. The van der Waals surface area contributed by atoms with Crippen LogP contribution in [0, 0.1) is 6.92 Å². The zero-order valence-electron chi connectivity index (χ0n) is 9.96. The second-order valence-electron chi connectivity index (χ2n) is 4.04. The van der Waals surface area contributed by atoms with Crippen LogP contribution in [-0.2, 0) is 6.42 Å². The van der Waals surface area contributed by atoms with Crippen LogP contribution in [0.3, 0.4) is 0 Å². The first kappa shape index (κ1) is 14.1. The molecule has 0 unspecified atom stereocenters. The van der Waals surface area contributed by atoms with Gasteiger partial charge in [0.15, 0.2) is 0 Å². The predicted octanol–water partition coefficient (Wildman–Crippen LogP) is 4.15. The third-order valence-corrected chi connectivity index (χ3v) is 3.09. The van der Waals surface area contributed by atoms with Crippen molar-refractivity contribution in [3.63, 3.8) is 0 Å². The summed E-state index contributed by atoms with van der Waals surface area (Å²) in [6.45, 7) is 4.14. The summed E-state index contributed by atoms with van der Waals surface area (Å²) < 4.78 is 0. The molecule has 0 spiro atoms. The summed E-state index contributed by atoms with van der Waals surface area (Å²) >= 11 is 6.17. The third-order valence-electron chi connectivity index (χ3n) is 2.76. The fourth-order valence-electron chi connectivity index (χ4n) is 1.89. The predicted molar refractivity (Wildman–Crippen MR) is 77.1 cm³/mol. The lowest BCUT2D eigenvalue weighted by atomic mass is 10.1. The second kappa shape index (κ2) is 5.56. The van der Waals surface area contributed by atoms with Gasteiger partial charge in [0, 0.05) is 10.4 Å². The summed E-state index contributed by atoms with van der Waals surface area (Å²) in [7, 11) is 0. The zero-order chi connectivity index (χ0) is 11.7. The molecule has 0 saturated heterocycles. The fraction of sp³-hybridized carbons (Fsp3) is 0.308. The Morgan fingerprint density at radius 2 is 2.06 bits per heavy atom. The van der Waals surface area contributed by atoms with Crippen molar-refractivity contribution >= 4 is 40.7 Å². The number of benzene rings is 1. The molecule has 4 heteroatoms. The first-order valence-electron chi connectivity index (χ1n) is 5.47. The van der Waals surface area contributed by atoms with Gasteiger partial charge in [-0.15, -0.1) is 12.4 Å². The molecule has 0 aliphatic rings. The van der Waals surface area contributed by atoms with Gasteiger partial charge in [-0.3, -0.25) is 0 Å². The SMILES string of the molecule is CCCc1cc2c(Cl)ccc(C)c2nc1N.Cl. The number of nitrogens with zero attached hydrogens (tertiary/aromatic N) is 1. The Kier molecular flexibility index (Phi) is 4.61. The lowest BCUT2D eigenvalue weighted by molar-refractivity contribution is 0.921. The maximum atomic E-state index is 6.17. The van der Waals surface area contributed by atoms with Crippen molar-refractivity contribution in [2.75, 3.05) is 5.73 Å². The van der Waals surface area contributed by atoms with E-state index in [1.54, 1.807) is 0 Å². The Labute approximate surface area is 113 Å². The van der Waals surface area contributed by atoms with Crippen molar-refractivity contribution in [2.24, 2.45) is 0 Å². The number of rotatable bonds is 2. The maximum Gasteiger partial charge on any atom is 0.127 e. The third kappa shape index (κ3) is 2.64. The van der Waals surface area contributed by atoms with Crippen molar-refractivity contribution in [1.29, 1.82) is 0 Å². The summed E-state index contributed by atoms with van der Waals surface area (Å²) in [5.41, 5.74) is 9.04. The van der Waals surface area contributed by atoms with E-state index in [-0.39, 0.29) is 12.4 Å². The molecule has 0 bridgehead atoms. The summed E-state index contributed by atoms with van der Waals surface area (Å²) in [6.07, 6.45) is 2.00. The Morgan fingerprint density at radius 3 is 2.71 bits per heavy atom. The van der Waals surface area contributed by atoms with Crippen LogP contribution in [0.2, 0.25) is 5.02 Å². The van der Waals surface area contributed by atoms with Gasteiger partial charge in [0.1, 0.15) is 5.82 Å². The molecular weight excluding hydrogens is 255 g/mol. The standard InChI is InChI=1S/C13H15ClN2.ClH/c1-3-4-9-7-10-11(14)6-5-8(2)12(10)16-13(9)15;/h5-7H,3-4H2,1-2H3,(H2,15,16);1H. The van der Waals surface area contributed by atoms with Crippen LogP contribution in [0.15, 0.2) is 18.2 Å². The number of hydrogen-bond acceptors (Lipinski definition) is 2. The molecule has 1 heterocycles. The molecule has 17 heavy (non-hydrogen) atoms. The van der Waals surface area contributed by atoms with Crippen molar-refractivity contribution < 1.29 is 0 Å². The van der Waals surface area contributed by atoms with E-state index in [0.29, 0.717) is 5.82 Å². The van der Waals surface area contributed by atoms with Crippen LogP contribution < -0.4 is 5.73 Å². The van der Waals surface area contributed by atoms with E-state index in [2.05, 4.69) is 18.0 Å². The average molecular weight is 271 g/mol. The fourth-order valence-corrected chi connectivity index (χ4v) is 2.10. The van der Waals surface area contributed by atoms with Crippen LogP contribution in [0.5, 0.6) is 0 Å². The molecule has 1 aromatic heterocycles. The lowest BCUT2D eigenvalue weighted by Gasteiger charge is -2.09. The molecule has 0 atom stereocenters. The minimum atomic E-state index is 0. The summed E-state index contributed by atoms with van der Waals surface area (Å²) in [6, 6.07) is 5.94. The quantitative estimate of drug-likeness (QED) is 0.891. The normalized spacial score (nSPS) is 10.3.